The van der Waals surface area contributed by atoms with Gasteiger partial charge in [0.1, 0.15) is 17.2 Å². The number of methoxy groups -OCH3 is 2. The maximum absolute atomic E-state index is 12.3. The SMILES string of the molecule is COc1ccc(OC)c(-n2nnnc2SCC(=O)Nc2cc([N+](=O)[O-])ccc2Cl)c1. The molecule has 0 unspecified atom stereocenters. The van der Waals surface area contributed by atoms with Crippen molar-refractivity contribution in [3.8, 4) is 17.2 Å². The summed E-state index contributed by atoms with van der Waals surface area (Å²) in [6.07, 6.45) is 0. The number of non-ortho nitro benzene ring substituents is 1. The Labute approximate surface area is 179 Å². The lowest BCUT2D eigenvalue weighted by Crippen LogP contribution is -2.15. The number of carbonyl (C=O) groups is 1. The zero-order valence-corrected chi connectivity index (χ0v) is 17.3. The Morgan fingerprint density at radius 2 is 2.07 bits per heavy atom. The number of nitrogens with zero attached hydrogens (tertiary/aromatic N) is 5. The second kappa shape index (κ2) is 9.41. The average Bonchev–Trinajstić information content (AvgIpc) is 3.21. The van der Waals surface area contributed by atoms with Crippen LogP contribution in [0.1, 0.15) is 0 Å². The number of hydrogen-bond donors (Lipinski definition) is 1. The predicted molar refractivity (Wildman–Crippen MR) is 110 cm³/mol. The molecule has 30 heavy (non-hydrogen) atoms. The van der Waals surface area contributed by atoms with E-state index in [2.05, 4.69) is 20.8 Å². The van der Waals surface area contributed by atoms with Crippen LogP contribution in [-0.4, -0.2) is 51.0 Å². The number of rotatable bonds is 8. The quantitative estimate of drug-likeness (QED) is 0.312. The lowest BCUT2D eigenvalue weighted by molar-refractivity contribution is -0.384. The molecule has 0 aliphatic heterocycles. The minimum absolute atomic E-state index is 0.0638. The van der Waals surface area contributed by atoms with E-state index in [1.165, 1.54) is 37.1 Å². The van der Waals surface area contributed by atoms with Crippen LogP contribution in [0.2, 0.25) is 5.02 Å². The number of hydrogen-bond acceptors (Lipinski definition) is 9. The molecular formula is C17H15ClN6O5S. The molecule has 1 N–H and O–H groups in total. The van der Waals surface area contributed by atoms with Crippen molar-refractivity contribution < 1.29 is 19.2 Å². The Bertz CT molecular complexity index is 1090. The highest BCUT2D eigenvalue weighted by Gasteiger charge is 2.17. The van der Waals surface area contributed by atoms with Crippen LogP contribution in [0.15, 0.2) is 41.6 Å². The fourth-order valence-electron chi connectivity index (χ4n) is 2.42. The van der Waals surface area contributed by atoms with Gasteiger partial charge in [0, 0.05) is 18.2 Å². The average molecular weight is 451 g/mol. The summed E-state index contributed by atoms with van der Waals surface area (Å²) in [6, 6.07) is 8.93. The first-order chi connectivity index (χ1) is 14.4. The number of aromatic nitrogens is 4. The van der Waals surface area contributed by atoms with Gasteiger partial charge in [-0.3, -0.25) is 14.9 Å². The van der Waals surface area contributed by atoms with Crippen molar-refractivity contribution in [2.45, 2.75) is 5.16 Å². The van der Waals surface area contributed by atoms with Crippen molar-refractivity contribution in [3.63, 3.8) is 0 Å². The Morgan fingerprint density at radius 1 is 1.27 bits per heavy atom. The number of anilines is 1. The third kappa shape index (κ3) is 4.78. The van der Waals surface area contributed by atoms with E-state index >= 15 is 0 Å². The zero-order valence-electron chi connectivity index (χ0n) is 15.7. The van der Waals surface area contributed by atoms with Crippen LogP contribution < -0.4 is 14.8 Å². The summed E-state index contributed by atoms with van der Waals surface area (Å²) < 4.78 is 12.0. The fraction of sp³-hybridized carbons (Fsp3) is 0.176. The summed E-state index contributed by atoms with van der Waals surface area (Å²) in [7, 11) is 3.04. The van der Waals surface area contributed by atoms with Crippen molar-refractivity contribution >= 4 is 40.6 Å². The molecule has 3 rings (SSSR count). The minimum Gasteiger partial charge on any atom is -0.497 e. The third-order valence-electron chi connectivity index (χ3n) is 3.82. The second-order valence-electron chi connectivity index (χ2n) is 5.67. The molecule has 11 nitrogen and oxygen atoms in total. The van der Waals surface area contributed by atoms with Crippen LogP contribution >= 0.6 is 23.4 Å². The van der Waals surface area contributed by atoms with Crippen molar-refractivity contribution in [2.24, 2.45) is 0 Å². The van der Waals surface area contributed by atoms with E-state index in [1.807, 2.05) is 0 Å². The molecule has 0 saturated carbocycles. The lowest BCUT2D eigenvalue weighted by Gasteiger charge is -2.11. The summed E-state index contributed by atoms with van der Waals surface area (Å²) in [4.78, 5) is 22.7. The smallest absolute Gasteiger partial charge is 0.271 e. The van der Waals surface area contributed by atoms with E-state index in [0.717, 1.165) is 11.8 Å². The van der Waals surface area contributed by atoms with Gasteiger partial charge in [0.25, 0.3) is 5.69 Å². The van der Waals surface area contributed by atoms with Gasteiger partial charge >= 0.3 is 0 Å². The number of tetrazole rings is 1. The topological polar surface area (TPSA) is 134 Å². The second-order valence-corrected chi connectivity index (χ2v) is 7.02. The molecular weight excluding hydrogens is 436 g/mol. The van der Waals surface area contributed by atoms with E-state index in [0.29, 0.717) is 22.3 Å². The predicted octanol–water partition coefficient (Wildman–Crippen LogP) is 2.97. The highest BCUT2D eigenvalue weighted by molar-refractivity contribution is 7.99. The van der Waals surface area contributed by atoms with Crippen LogP contribution in [0, 0.1) is 10.1 Å². The van der Waals surface area contributed by atoms with Crippen LogP contribution in [0.3, 0.4) is 0 Å². The van der Waals surface area contributed by atoms with Crippen LogP contribution in [-0.2, 0) is 4.79 Å². The number of nitrogens with one attached hydrogen (secondary N) is 1. The molecule has 0 aliphatic carbocycles. The molecule has 0 saturated heterocycles. The van der Waals surface area contributed by atoms with Gasteiger partial charge in [-0.1, -0.05) is 23.4 Å². The van der Waals surface area contributed by atoms with Gasteiger partial charge < -0.3 is 14.8 Å². The molecule has 3 aromatic rings. The van der Waals surface area contributed by atoms with Gasteiger partial charge in [-0.25, -0.2) is 0 Å². The highest BCUT2D eigenvalue weighted by atomic mass is 35.5. The van der Waals surface area contributed by atoms with E-state index in [9.17, 15) is 14.9 Å². The van der Waals surface area contributed by atoms with Gasteiger partial charge in [0.05, 0.1) is 35.6 Å². The molecule has 0 aliphatic rings. The molecule has 1 heterocycles. The van der Waals surface area contributed by atoms with E-state index in [-0.39, 0.29) is 22.2 Å². The van der Waals surface area contributed by atoms with Crippen molar-refractivity contribution in [1.82, 2.24) is 20.2 Å². The van der Waals surface area contributed by atoms with Crippen LogP contribution in [0.5, 0.6) is 11.5 Å². The summed E-state index contributed by atoms with van der Waals surface area (Å²) in [5.74, 6) is 0.591. The molecule has 2 aromatic carbocycles. The van der Waals surface area contributed by atoms with Crippen molar-refractivity contribution in [3.05, 3.63) is 51.5 Å². The standard InChI is InChI=1S/C17H15ClN6O5S/c1-28-11-4-6-15(29-2)14(8-11)23-17(20-21-22-23)30-9-16(25)19-13-7-10(24(26)27)3-5-12(13)18/h3-8H,9H2,1-2H3,(H,19,25). The summed E-state index contributed by atoms with van der Waals surface area (Å²) >= 11 is 7.07. The molecule has 0 atom stereocenters. The van der Waals surface area contributed by atoms with Gasteiger partial charge in [-0.15, -0.1) is 5.10 Å². The number of nitro benzene ring substituents is 1. The van der Waals surface area contributed by atoms with Crippen molar-refractivity contribution in [2.75, 3.05) is 25.3 Å². The summed E-state index contributed by atoms with van der Waals surface area (Å²) in [5, 5.41) is 25.5. The van der Waals surface area contributed by atoms with Crippen LogP contribution in [0.25, 0.3) is 5.69 Å². The fourth-order valence-corrected chi connectivity index (χ4v) is 3.27. The molecule has 1 aromatic heterocycles. The monoisotopic (exact) mass is 450 g/mol. The lowest BCUT2D eigenvalue weighted by atomic mass is 10.3. The van der Waals surface area contributed by atoms with Gasteiger partial charge in [-0.05, 0) is 28.6 Å². The zero-order chi connectivity index (χ0) is 21.7. The maximum atomic E-state index is 12.3. The summed E-state index contributed by atoms with van der Waals surface area (Å²) in [5.41, 5.74) is 0.494. The molecule has 0 spiro atoms. The van der Waals surface area contributed by atoms with E-state index < -0.39 is 10.8 Å². The number of carbonyl (C=O) groups excluding carboxylic acids is 1. The number of halogens is 1. The number of thioether (sulfide) groups is 1. The maximum Gasteiger partial charge on any atom is 0.271 e. The Kier molecular flexibility index (Phi) is 6.69. The molecule has 1 amide bonds. The Hall–Kier alpha value is -3.38. The molecule has 0 bridgehead atoms. The molecule has 0 radical (unpaired) electrons. The normalized spacial score (nSPS) is 10.5. The highest BCUT2D eigenvalue weighted by Crippen LogP contribution is 2.30. The van der Waals surface area contributed by atoms with E-state index in [1.54, 1.807) is 18.2 Å². The Morgan fingerprint density at radius 3 is 2.77 bits per heavy atom. The van der Waals surface area contributed by atoms with Crippen molar-refractivity contribution in [1.29, 1.82) is 0 Å². The van der Waals surface area contributed by atoms with Crippen LogP contribution in [0.4, 0.5) is 11.4 Å². The number of benzene rings is 2. The first-order valence-corrected chi connectivity index (χ1v) is 9.66. The first-order valence-electron chi connectivity index (χ1n) is 8.30. The molecule has 156 valence electrons. The Balaban J connectivity index is 1.74. The largest absolute Gasteiger partial charge is 0.497 e. The molecule has 0 fully saturated rings. The van der Waals surface area contributed by atoms with E-state index in [4.69, 9.17) is 21.1 Å². The van der Waals surface area contributed by atoms with Gasteiger partial charge in [0.15, 0.2) is 0 Å². The number of nitro groups is 1. The molecule has 13 heteroatoms. The minimum atomic E-state index is -0.573. The van der Waals surface area contributed by atoms with Gasteiger partial charge in [0.2, 0.25) is 11.1 Å². The number of ether oxygens (including phenoxy) is 2. The summed E-state index contributed by atoms with van der Waals surface area (Å²) in [6.45, 7) is 0. The first kappa shape index (κ1) is 21.3. The number of amides is 1. The third-order valence-corrected chi connectivity index (χ3v) is 5.07. The van der Waals surface area contributed by atoms with Gasteiger partial charge in [-0.2, -0.15) is 4.68 Å².